The zero-order valence-electron chi connectivity index (χ0n) is 18.9. The maximum absolute atomic E-state index is 12.8. The highest BCUT2D eigenvalue weighted by atomic mass is 127. The van der Waals surface area contributed by atoms with Crippen molar-refractivity contribution in [2.75, 3.05) is 11.0 Å². The fourth-order valence-electron chi connectivity index (χ4n) is 4.04. The van der Waals surface area contributed by atoms with E-state index in [0.29, 0.717) is 12.3 Å². The van der Waals surface area contributed by atoms with Crippen molar-refractivity contribution >= 4 is 36.9 Å². The maximum Gasteiger partial charge on any atom is 0.354 e. The van der Waals surface area contributed by atoms with Crippen LogP contribution in [0.25, 0.3) is 0 Å². The lowest BCUT2D eigenvalue weighted by Gasteiger charge is -2.55. The van der Waals surface area contributed by atoms with Gasteiger partial charge in [-0.3, -0.25) is 0 Å². The van der Waals surface area contributed by atoms with Crippen LogP contribution in [0.5, 0.6) is 0 Å². The smallest absolute Gasteiger partial charge is 0.354 e. The fourth-order valence-corrected chi connectivity index (χ4v) is 6.53. The molecule has 0 radical (unpaired) electrons. The number of fused-ring (bicyclic) bond motifs is 1. The Morgan fingerprint density at radius 2 is 1.86 bits per heavy atom. The van der Waals surface area contributed by atoms with Gasteiger partial charge in [-0.1, -0.05) is 64.1 Å². The van der Waals surface area contributed by atoms with Gasteiger partial charge in [0.05, 0.1) is 12.7 Å². The molecule has 1 saturated heterocycles. The van der Waals surface area contributed by atoms with Crippen LogP contribution in [-0.4, -0.2) is 53.7 Å². The summed E-state index contributed by atoms with van der Waals surface area (Å²) < 4.78 is 12.9. The molecule has 0 aromatic carbocycles. The summed E-state index contributed by atoms with van der Waals surface area (Å²) in [5, 5.41) is 11.1. The Labute approximate surface area is 185 Å². The van der Waals surface area contributed by atoms with E-state index in [1.807, 2.05) is 18.7 Å². The van der Waals surface area contributed by atoms with Crippen LogP contribution >= 0.6 is 22.6 Å². The molecule has 0 saturated carbocycles. The van der Waals surface area contributed by atoms with Crippen LogP contribution < -0.4 is 0 Å². The van der Waals surface area contributed by atoms with Gasteiger partial charge in [-0.05, 0) is 36.5 Å². The Morgan fingerprint density at radius 3 is 2.32 bits per heavy atom. The highest BCUT2D eigenvalue weighted by Gasteiger charge is 2.60. The van der Waals surface area contributed by atoms with Crippen molar-refractivity contribution in [1.29, 1.82) is 0 Å². The summed E-state index contributed by atoms with van der Waals surface area (Å²) in [6, 6.07) is 0.0983. The molecule has 2 heterocycles. The first-order chi connectivity index (χ1) is 12.7. The summed E-state index contributed by atoms with van der Waals surface area (Å²) in [7, 11) is -1.93. The van der Waals surface area contributed by atoms with Gasteiger partial charge in [0.1, 0.15) is 11.9 Å². The molecule has 162 valence electrons. The second-order valence-corrected chi connectivity index (χ2v) is 15.8. The van der Waals surface area contributed by atoms with Gasteiger partial charge in [0.25, 0.3) is 0 Å². The molecule has 1 fully saturated rings. The Kier molecular flexibility index (Phi) is 7.37. The zero-order valence-corrected chi connectivity index (χ0v) is 22.0. The first-order valence-electron chi connectivity index (χ1n) is 10.3. The number of halogens is 1. The number of alkyl halides is 1. The molecule has 0 bridgehead atoms. The van der Waals surface area contributed by atoms with Crippen LogP contribution in [0.3, 0.4) is 0 Å². The molecule has 2 aliphatic rings. The lowest BCUT2D eigenvalue weighted by Crippen LogP contribution is -2.67. The molecule has 5 atom stereocenters. The molecule has 0 aliphatic carbocycles. The number of hydrogen-bond donors (Lipinski definition) is 1. The van der Waals surface area contributed by atoms with E-state index >= 15 is 0 Å². The van der Waals surface area contributed by atoms with Gasteiger partial charge >= 0.3 is 5.97 Å². The number of nitrogens with zero attached hydrogens (tertiary/aromatic N) is 1. The zero-order chi connectivity index (χ0) is 21.6. The van der Waals surface area contributed by atoms with Crippen molar-refractivity contribution in [2.45, 2.75) is 85.0 Å². The molecule has 28 heavy (non-hydrogen) atoms. The number of carbonyl (C=O) groups is 1. The molecule has 5 nitrogen and oxygen atoms in total. The summed E-state index contributed by atoms with van der Waals surface area (Å²) in [6.07, 6.45) is -0.754. The third kappa shape index (κ3) is 4.32. The third-order valence-electron chi connectivity index (χ3n) is 6.68. The number of carbonyl (C=O) groups excluding carboxylic acids is 1. The standard InChI is InChI=1S/C21H38INO4Si/c1-12(2)11-26-20(25)18-15(10-22)13(3)17-16(19(24)23(17)18)14(4)27-28(8,9)21(5,6)7/h12-14,16-17,19,24H,10-11H2,1-9H3/t13-,14+,16+,17?,19?/m0/s1. The average molecular weight is 524 g/mol. The predicted molar refractivity (Wildman–Crippen MR) is 124 cm³/mol. The van der Waals surface area contributed by atoms with Gasteiger partial charge in [-0.15, -0.1) is 0 Å². The molecule has 2 unspecified atom stereocenters. The summed E-state index contributed by atoms with van der Waals surface area (Å²) in [6.45, 7) is 19.9. The van der Waals surface area contributed by atoms with Gasteiger partial charge in [0, 0.05) is 22.3 Å². The van der Waals surface area contributed by atoms with Gasteiger partial charge in [0.15, 0.2) is 8.32 Å². The predicted octanol–water partition coefficient (Wildman–Crippen LogP) is 4.55. The normalized spacial score (nSPS) is 29.1. The third-order valence-corrected chi connectivity index (χ3v) is 12.1. The molecule has 7 heteroatoms. The Morgan fingerprint density at radius 1 is 1.29 bits per heavy atom. The molecular weight excluding hydrogens is 485 g/mol. The van der Waals surface area contributed by atoms with E-state index < -0.39 is 14.5 Å². The van der Waals surface area contributed by atoms with Gasteiger partial charge < -0.3 is 19.2 Å². The number of aliphatic hydroxyl groups is 1. The number of aliphatic hydroxyl groups excluding tert-OH is 1. The molecule has 2 rings (SSSR count). The van der Waals surface area contributed by atoms with Crippen molar-refractivity contribution in [1.82, 2.24) is 4.90 Å². The van der Waals surface area contributed by atoms with E-state index in [9.17, 15) is 9.90 Å². The van der Waals surface area contributed by atoms with Crippen LogP contribution in [-0.2, 0) is 14.0 Å². The number of esters is 1. The monoisotopic (exact) mass is 523 g/mol. The van der Waals surface area contributed by atoms with E-state index in [4.69, 9.17) is 9.16 Å². The molecular formula is C21H38INO4Si. The number of rotatable bonds is 7. The Bertz CT molecular complexity index is 628. The van der Waals surface area contributed by atoms with Crippen molar-refractivity contribution < 1.29 is 19.1 Å². The van der Waals surface area contributed by atoms with E-state index in [0.717, 1.165) is 10.0 Å². The van der Waals surface area contributed by atoms with Crippen molar-refractivity contribution in [2.24, 2.45) is 17.8 Å². The lowest BCUT2D eigenvalue weighted by molar-refractivity contribution is -0.191. The first-order valence-corrected chi connectivity index (χ1v) is 14.8. The second-order valence-electron chi connectivity index (χ2n) is 10.3. The van der Waals surface area contributed by atoms with E-state index in [1.54, 1.807) is 0 Å². The minimum Gasteiger partial charge on any atom is -0.461 e. The minimum atomic E-state index is -1.93. The molecule has 0 amide bonds. The van der Waals surface area contributed by atoms with Crippen molar-refractivity contribution in [3.05, 3.63) is 11.3 Å². The topological polar surface area (TPSA) is 59.0 Å². The first kappa shape index (κ1) is 24.1. The van der Waals surface area contributed by atoms with Crippen molar-refractivity contribution in [3.63, 3.8) is 0 Å². The summed E-state index contributed by atoms with van der Waals surface area (Å²) in [5.74, 6) is 0.189. The van der Waals surface area contributed by atoms with E-state index in [2.05, 4.69) is 70.3 Å². The van der Waals surface area contributed by atoms with Gasteiger partial charge in [-0.25, -0.2) is 4.79 Å². The average Bonchev–Trinajstić information content (AvgIpc) is 2.79. The minimum absolute atomic E-state index is 0.00234. The van der Waals surface area contributed by atoms with E-state index in [1.165, 1.54) is 0 Å². The maximum atomic E-state index is 12.8. The second kappa shape index (κ2) is 8.55. The Hall–Kier alpha value is -0.123. The Balaban J connectivity index is 2.20. The van der Waals surface area contributed by atoms with Crippen molar-refractivity contribution in [3.8, 4) is 0 Å². The lowest BCUT2D eigenvalue weighted by atomic mass is 9.77. The summed E-state index contributed by atoms with van der Waals surface area (Å²) in [5.41, 5.74) is 1.66. The molecule has 2 aliphatic heterocycles. The molecule has 1 N–H and O–H groups in total. The van der Waals surface area contributed by atoms with E-state index in [-0.39, 0.29) is 40.9 Å². The molecule has 0 aromatic rings. The summed E-state index contributed by atoms with van der Waals surface area (Å²) >= 11 is 2.31. The van der Waals surface area contributed by atoms with Gasteiger partial charge in [0.2, 0.25) is 0 Å². The largest absolute Gasteiger partial charge is 0.461 e. The summed E-state index contributed by atoms with van der Waals surface area (Å²) in [4.78, 5) is 14.7. The van der Waals surface area contributed by atoms with Crippen LogP contribution in [0.15, 0.2) is 11.3 Å². The number of hydrogen-bond acceptors (Lipinski definition) is 5. The van der Waals surface area contributed by atoms with Gasteiger partial charge in [-0.2, -0.15) is 0 Å². The highest BCUT2D eigenvalue weighted by molar-refractivity contribution is 14.1. The van der Waals surface area contributed by atoms with Crippen LogP contribution in [0.2, 0.25) is 18.1 Å². The van der Waals surface area contributed by atoms with Crippen LogP contribution in [0.1, 0.15) is 48.5 Å². The highest BCUT2D eigenvalue weighted by Crippen LogP contribution is 2.51. The van der Waals surface area contributed by atoms with Crippen LogP contribution in [0.4, 0.5) is 0 Å². The SMILES string of the molecule is CC(C)COC(=O)C1=C(CI)[C@H](C)C2[C@@H]([C@@H](C)O[Si](C)(C)C(C)(C)C)C(O)N12. The number of ether oxygens (including phenoxy) is 1. The molecule has 0 spiro atoms. The van der Waals surface area contributed by atoms with Crippen LogP contribution in [0, 0.1) is 17.8 Å². The molecule has 0 aromatic heterocycles. The quantitative estimate of drug-likeness (QED) is 0.230. The fraction of sp³-hybridized carbons (Fsp3) is 0.857.